The fourth-order valence-corrected chi connectivity index (χ4v) is 1.87. The Balaban J connectivity index is 2.81. The van der Waals surface area contributed by atoms with Gasteiger partial charge in [-0.25, -0.2) is 0 Å². The normalized spacial score (nSPS) is 10.8. The molecule has 78 valence electrons. The van der Waals surface area contributed by atoms with Crippen LogP contribution >= 0.6 is 0 Å². The minimum Gasteiger partial charge on any atom is -0.366 e. The molecule has 2 rings (SSSR count). The largest absolute Gasteiger partial charge is 0.366 e. The molecule has 0 fully saturated rings. The monoisotopic (exact) mass is 202 g/mol. The molecule has 2 N–H and O–H groups in total. The maximum atomic E-state index is 11.3. The van der Waals surface area contributed by atoms with E-state index in [-0.39, 0.29) is 5.91 Å². The third-order valence-corrected chi connectivity index (χ3v) is 2.64. The molecule has 0 aliphatic carbocycles. The van der Waals surface area contributed by atoms with Gasteiger partial charge < -0.3 is 10.3 Å². The molecule has 3 heteroatoms. The van der Waals surface area contributed by atoms with Crippen LogP contribution in [-0.2, 0) is 6.54 Å². The Labute approximate surface area is 88.5 Å². The van der Waals surface area contributed by atoms with Crippen molar-refractivity contribution in [1.82, 2.24) is 4.57 Å². The lowest BCUT2D eigenvalue weighted by Gasteiger charge is -1.99. The molecule has 0 spiro atoms. The fourth-order valence-electron chi connectivity index (χ4n) is 1.87. The van der Waals surface area contributed by atoms with Gasteiger partial charge in [0.1, 0.15) is 0 Å². The topological polar surface area (TPSA) is 48.0 Å². The minimum absolute atomic E-state index is 0.363. The van der Waals surface area contributed by atoms with Crippen LogP contribution in [0.1, 0.15) is 22.8 Å². The molecule has 0 bridgehead atoms. The van der Waals surface area contributed by atoms with Gasteiger partial charge in [0.15, 0.2) is 0 Å². The second-order valence-corrected chi connectivity index (χ2v) is 3.71. The van der Waals surface area contributed by atoms with E-state index < -0.39 is 0 Å². The van der Waals surface area contributed by atoms with Crippen molar-refractivity contribution in [2.45, 2.75) is 20.4 Å². The molecule has 0 atom stereocenters. The predicted octanol–water partition coefficient (Wildman–Crippen LogP) is 2.07. The van der Waals surface area contributed by atoms with Crippen LogP contribution < -0.4 is 5.73 Å². The Hall–Kier alpha value is -1.77. The standard InChI is InChI=1S/C12H14N2O/c1-3-14-7-10(12(13)15)9-6-8(2)4-5-11(9)14/h4-7H,3H2,1-2H3,(H2,13,15). The van der Waals surface area contributed by atoms with Crippen molar-refractivity contribution in [3.05, 3.63) is 35.5 Å². The summed E-state index contributed by atoms with van der Waals surface area (Å²) >= 11 is 0. The molecule has 0 aliphatic heterocycles. The summed E-state index contributed by atoms with van der Waals surface area (Å²) in [6, 6.07) is 6.07. The summed E-state index contributed by atoms with van der Waals surface area (Å²) in [6.45, 7) is 4.89. The Morgan fingerprint density at radius 1 is 1.47 bits per heavy atom. The van der Waals surface area contributed by atoms with Crippen LogP contribution in [0.4, 0.5) is 0 Å². The number of benzene rings is 1. The molecule has 2 aromatic rings. The molecular weight excluding hydrogens is 188 g/mol. The zero-order valence-electron chi connectivity index (χ0n) is 8.95. The fraction of sp³-hybridized carbons (Fsp3) is 0.250. The molecule has 15 heavy (non-hydrogen) atoms. The van der Waals surface area contributed by atoms with Gasteiger partial charge in [0.2, 0.25) is 0 Å². The van der Waals surface area contributed by atoms with Crippen molar-refractivity contribution in [1.29, 1.82) is 0 Å². The van der Waals surface area contributed by atoms with E-state index in [2.05, 4.69) is 0 Å². The Morgan fingerprint density at radius 2 is 2.20 bits per heavy atom. The van der Waals surface area contributed by atoms with Crippen LogP contribution in [0.3, 0.4) is 0 Å². The first-order valence-corrected chi connectivity index (χ1v) is 5.02. The number of fused-ring (bicyclic) bond motifs is 1. The van der Waals surface area contributed by atoms with Crippen LogP contribution in [0.15, 0.2) is 24.4 Å². The minimum atomic E-state index is -0.363. The van der Waals surface area contributed by atoms with Gasteiger partial charge in [0, 0.05) is 23.6 Å². The van der Waals surface area contributed by atoms with E-state index >= 15 is 0 Å². The summed E-state index contributed by atoms with van der Waals surface area (Å²) < 4.78 is 2.04. The highest BCUT2D eigenvalue weighted by atomic mass is 16.1. The lowest BCUT2D eigenvalue weighted by atomic mass is 10.1. The first-order chi connectivity index (χ1) is 7.13. The Morgan fingerprint density at radius 3 is 2.80 bits per heavy atom. The highest BCUT2D eigenvalue weighted by Gasteiger charge is 2.11. The first kappa shape index (κ1) is 9.77. The summed E-state index contributed by atoms with van der Waals surface area (Å²) in [5, 5.41) is 0.948. The molecule has 0 unspecified atom stereocenters. The maximum Gasteiger partial charge on any atom is 0.250 e. The number of nitrogens with zero attached hydrogens (tertiary/aromatic N) is 1. The van der Waals surface area contributed by atoms with E-state index in [1.165, 1.54) is 0 Å². The lowest BCUT2D eigenvalue weighted by Crippen LogP contribution is -2.10. The smallest absolute Gasteiger partial charge is 0.250 e. The summed E-state index contributed by atoms with van der Waals surface area (Å²) in [5.41, 5.74) is 8.16. The van der Waals surface area contributed by atoms with Gasteiger partial charge in [-0.15, -0.1) is 0 Å². The maximum absolute atomic E-state index is 11.3. The van der Waals surface area contributed by atoms with Crippen molar-refractivity contribution in [3.63, 3.8) is 0 Å². The molecule has 0 saturated carbocycles. The highest BCUT2D eigenvalue weighted by molar-refractivity contribution is 6.06. The number of aromatic nitrogens is 1. The number of carbonyl (C=O) groups is 1. The Kier molecular flexibility index (Phi) is 2.23. The number of amides is 1. The third-order valence-electron chi connectivity index (χ3n) is 2.64. The van der Waals surface area contributed by atoms with Gasteiger partial charge in [0.25, 0.3) is 5.91 Å². The van der Waals surface area contributed by atoms with Gasteiger partial charge in [-0.1, -0.05) is 11.6 Å². The summed E-state index contributed by atoms with van der Waals surface area (Å²) in [5.74, 6) is -0.363. The van der Waals surface area contributed by atoms with E-state index in [1.54, 1.807) is 0 Å². The number of aryl methyl sites for hydroxylation is 2. The van der Waals surface area contributed by atoms with Crippen molar-refractivity contribution in [2.24, 2.45) is 5.73 Å². The molecule has 1 heterocycles. The molecule has 3 nitrogen and oxygen atoms in total. The number of carbonyl (C=O) groups excluding carboxylic acids is 1. The molecule has 1 aromatic heterocycles. The average molecular weight is 202 g/mol. The van der Waals surface area contributed by atoms with Crippen LogP contribution in [0.25, 0.3) is 10.9 Å². The van der Waals surface area contributed by atoms with Crippen LogP contribution in [0.5, 0.6) is 0 Å². The van der Waals surface area contributed by atoms with Crippen molar-refractivity contribution >= 4 is 16.8 Å². The number of rotatable bonds is 2. The van der Waals surface area contributed by atoms with Gasteiger partial charge in [-0.05, 0) is 26.0 Å². The Bertz CT molecular complexity index is 526. The number of hydrogen-bond donors (Lipinski definition) is 1. The molecule has 0 radical (unpaired) electrons. The molecular formula is C12H14N2O. The van der Waals surface area contributed by atoms with Crippen LogP contribution in [-0.4, -0.2) is 10.5 Å². The number of primary amides is 1. The zero-order chi connectivity index (χ0) is 11.0. The van der Waals surface area contributed by atoms with Crippen molar-refractivity contribution in [2.75, 3.05) is 0 Å². The van der Waals surface area contributed by atoms with E-state index in [9.17, 15) is 4.79 Å². The molecule has 0 aliphatic rings. The van der Waals surface area contributed by atoms with Gasteiger partial charge >= 0.3 is 0 Å². The second-order valence-electron chi connectivity index (χ2n) is 3.71. The summed E-state index contributed by atoms with van der Waals surface area (Å²) in [4.78, 5) is 11.3. The van der Waals surface area contributed by atoms with E-state index in [0.717, 1.165) is 23.0 Å². The quantitative estimate of drug-likeness (QED) is 0.796. The highest BCUT2D eigenvalue weighted by Crippen LogP contribution is 2.22. The van der Waals surface area contributed by atoms with Gasteiger partial charge in [-0.2, -0.15) is 0 Å². The third kappa shape index (κ3) is 1.50. The summed E-state index contributed by atoms with van der Waals surface area (Å²) in [7, 11) is 0. The number of hydrogen-bond acceptors (Lipinski definition) is 1. The van der Waals surface area contributed by atoms with E-state index in [0.29, 0.717) is 5.56 Å². The first-order valence-electron chi connectivity index (χ1n) is 5.02. The average Bonchev–Trinajstić information content (AvgIpc) is 2.55. The van der Waals surface area contributed by atoms with Crippen molar-refractivity contribution < 1.29 is 4.79 Å². The summed E-state index contributed by atoms with van der Waals surface area (Å²) in [6.07, 6.45) is 1.83. The molecule has 1 aromatic carbocycles. The molecule has 0 saturated heterocycles. The second kappa shape index (κ2) is 3.42. The molecule has 1 amide bonds. The predicted molar refractivity (Wildman–Crippen MR) is 60.9 cm³/mol. The van der Waals surface area contributed by atoms with Crippen molar-refractivity contribution in [3.8, 4) is 0 Å². The van der Waals surface area contributed by atoms with Crippen LogP contribution in [0.2, 0.25) is 0 Å². The van der Waals surface area contributed by atoms with E-state index in [1.807, 2.05) is 42.8 Å². The zero-order valence-corrected chi connectivity index (χ0v) is 8.95. The van der Waals surface area contributed by atoms with E-state index in [4.69, 9.17) is 5.73 Å². The van der Waals surface area contributed by atoms with Crippen LogP contribution in [0, 0.1) is 6.92 Å². The van der Waals surface area contributed by atoms with Gasteiger partial charge in [0.05, 0.1) is 5.56 Å². The number of nitrogens with two attached hydrogens (primary N) is 1. The SMILES string of the molecule is CCn1cc(C(N)=O)c2cc(C)ccc21. The lowest BCUT2D eigenvalue weighted by molar-refractivity contribution is 0.100. The van der Waals surface area contributed by atoms with Gasteiger partial charge in [-0.3, -0.25) is 4.79 Å².